The fourth-order valence-electron chi connectivity index (χ4n) is 2.57. The Morgan fingerprint density at radius 2 is 2.14 bits per heavy atom. The van der Waals surface area contributed by atoms with E-state index in [4.69, 9.17) is 4.74 Å². The summed E-state index contributed by atoms with van der Waals surface area (Å²) in [6.07, 6.45) is 0. The molecule has 0 saturated heterocycles. The molecule has 2 nitrogen and oxygen atoms in total. The molecule has 0 saturated carbocycles. The van der Waals surface area contributed by atoms with E-state index in [0.29, 0.717) is 24.8 Å². The van der Waals surface area contributed by atoms with Gasteiger partial charge in [-0.25, -0.2) is 4.39 Å². The molecule has 0 radical (unpaired) electrons. The highest BCUT2D eigenvalue weighted by Crippen LogP contribution is 2.39. The summed E-state index contributed by atoms with van der Waals surface area (Å²) in [5.41, 5.74) is 2.24. The molecule has 1 aliphatic heterocycles. The summed E-state index contributed by atoms with van der Waals surface area (Å²) in [5, 5.41) is 3.02. The van der Waals surface area contributed by atoms with Crippen molar-refractivity contribution < 1.29 is 9.13 Å². The van der Waals surface area contributed by atoms with E-state index >= 15 is 0 Å². The summed E-state index contributed by atoms with van der Waals surface area (Å²) in [4.78, 5) is 1.33. The van der Waals surface area contributed by atoms with Crippen LogP contribution < -0.4 is 10.1 Å². The Morgan fingerprint density at radius 1 is 1.29 bits per heavy atom. The van der Waals surface area contributed by atoms with E-state index < -0.39 is 0 Å². The van der Waals surface area contributed by atoms with Gasteiger partial charge in [-0.1, -0.05) is 18.2 Å². The van der Waals surface area contributed by atoms with Crippen LogP contribution in [0.3, 0.4) is 0 Å². The van der Waals surface area contributed by atoms with Crippen LogP contribution >= 0.6 is 11.8 Å². The van der Waals surface area contributed by atoms with Gasteiger partial charge in [-0.2, -0.15) is 0 Å². The lowest BCUT2D eigenvalue weighted by molar-refractivity contribution is 0.296. The molecule has 2 aromatic carbocycles. The molecule has 1 heterocycles. The van der Waals surface area contributed by atoms with Crippen LogP contribution in [-0.2, 0) is 6.54 Å². The number of hydrogen-bond acceptors (Lipinski definition) is 3. The Balaban J connectivity index is 1.68. The smallest absolute Gasteiger partial charge is 0.127 e. The molecule has 0 fully saturated rings. The number of rotatable bonds is 5. The molecule has 0 aromatic heterocycles. The largest absolute Gasteiger partial charge is 0.493 e. The summed E-state index contributed by atoms with van der Waals surface area (Å²) in [7, 11) is 1.85. The molecule has 0 aliphatic carbocycles. The van der Waals surface area contributed by atoms with Crippen LogP contribution in [0.4, 0.5) is 4.39 Å². The minimum absolute atomic E-state index is 0.251. The zero-order chi connectivity index (χ0) is 14.7. The Kier molecular flexibility index (Phi) is 4.46. The van der Waals surface area contributed by atoms with Gasteiger partial charge in [-0.3, -0.25) is 0 Å². The van der Waals surface area contributed by atoms with Crippen LogP contribution in [0.25, 0.3) is 0 Å². The molecule has 1 N–H and O–H groups in total. The highest BCUT2D eigenvalue weighted by molar-refractivity contribution is 7.99. The summed E-state index contributed by atoms with van der Waals surface area (Å²) >= 11 is 1.86. The first-order valence-electron chi connectivity index (χ1n) is 7.05. The lowest BCUT2D eigenvalue weighted by Gasteiger charge is -2.13. The van der Waals surface area contributed by atoms with Crippen molar-refractivity contribution >= 4 is 11.8 Å². The van der Waals surface area contributed by atoms with Crippen molar-refractivity contribution in [3.05, 3.63) is 59.4 Å². The third-order valence-corrected chi connectivity index (χ3v) is 4.81. The average molecular weight is 303 g/mol. The minimum atomic E-state index is -0.251. The third-order valence-electron chi connectivity index (χ3n) is 3.56. The maximum atomic E-state index is 13.6. The minimum Gasteiger partial charge on any atom is -0.493 e. The topological polar surface area (TPSA) is 21.3 Å². The predicted molar refractivity (Wildman–Crippen MR) is 84.6 cm³/mol. The first kappa shape index (κ1) is 14.4. The summed E-state index contributed by atoms with van der Waals surface area (Å²) in [5.74, 6) is 1.76. The molecule has 2 aromatic rings. The van der Waals surface area contributed by atoms with E-state index in [-0.39, 0.29) is 5.82 Å². The number of thioether (sulfide) groups is 1. The molecule has 110 valence electrons. The fraction of sp³-hybridized carbons (Fsp3) is 0.294. The third kappa shape index (κ3) is 3.39. The second-order valence-electron chi connectivity index (χ2n) is 5.18. The van der Waals surface area contributed by atoms with Crippen LogP contribution in [0.5, 0.6) is 5.75 Å². The lowest BCUT2D eigenvalue weighted by atomic mass is 10.0. The van der Waals surface area contributed by atoms with Gasteiger partial charge >= 0.3 is 0 Å². The monoisotopic (exact) mass is 303 g/mol. The Labute approximate surface area is 128 Å². The van der Waals surface area contributed by atoms with Crippen LogP contribution in [0.15, 0.2) is 47.4 Å². The highest BCUT2D eigenvalue weighted by Gasteiger charge is 2.23. The van der Waals surface area contributed by atoms with Crippen molar-refractivity contribution in [2.24, 2.45) is 0 Å². The van der Waals surface area contributed by atoms with Crippen molar-refractivity contribution in [2.45, 2.75) is 17.4 Å². The standard InChI is InChI=1S/C17H18FNOS/c1-19-9-12-6-14(18)8-15(7-12)20-10-13-11-21-17-5-3-2-4-16(13)17/h2-8,13,19H,9-11H2,1H3. The Bertz CT molecular complexity index is 632. The average Bonchev–Trinajstić information content (AvgIpc) is 2.88. The van der Waals surface area contributed by atoms with Crippen LogP contribution in [0, 0.1) is 5.82 Å². The SMILES string of the molecule is CNCc1cc(F)cc(OCC2CSc3ccccc32)c1. The van der Waals surface area contributed by atoms with E-state index in [0.717, 1.165) is 11.3 Å². The van der Waals surface area contributed by atoms with Gasteiger partial charge in [-0.05, 0) is 36.4 Å². The van der Waals surface area contributed by atoms with E-state index in [2.05, 4.69) is 29.6 Å². The number of fused-ring (bicyclic) bond motifs is 1. The van der Waals surface area contributed by atoms with Crippen LogP contribution in [0.2, 0.25) is 0 Å². The first-order chi connectivity index (χ1) is 10.3. The van der Waals surface area contributed by atoms with E-state index in [1.807, 2.05) is 24.9 Å². The van der Waals surface area contributed by atoms with Crippen molar-refractivity contribution in [2.75, 3.05) is 19.4 Å². The summed E-state index contributed by atoms with van der Waals surface area (Å²) in [6.45, 7) is 1.22. The van der Waals surface area contributed by atoms with Gasteiger partial charge in [0.05, 0.1) is 6.61 Å². The van der Waals surface area contributed by atoms with Gasteiger partial charge < -0.3 is 10.1 Å². The van der Waals surface area contributed by atoms with Gasteiger partial charge in [-0.15, -0.1) is 11.8 Å². The van der Waals surface area contributed by atoms with Crippen molar-refractivity contribution in [1.82, 2.24) is 5.32 Å². The molecule has 1 atom stereocenters. The predicted octanol–water partition coefficient (Wildman–Crippen LogP) is 3.81. The number of halogens is 1. The molecular weight excluding hydrogens is 285 g/mol. The van der Waals surface area contributed by atoms with E-state index in [1.54, 1.807) is 0 Å². The Morgan fingerprint density at radius 3 is 3.00 bits per heavy atom. The molecule has 0 spiro atoms. The van der Waals surface area contributed by atoms with Crippen molar-refractivity contribution in [3.63, 3.8) is 0 Å². The molecule has 0 amide bonds. The number of benzene rings is 2. The van der Waals surface area contributed by atoms with Crippen LogP contribution in [-0.4, -0.2) is 19.4 Å². The second-order valence-corrected chi connectivity index (χ2v) is 6.24. The molecule has 0 bridgehead atoms. The van der Waals surface area contributed by atoms with Crippen molar-refractivity contribution in [1.29, 1.82) is 0 Å². The van der Waals surface area contributed by atoms with Gasteiger partial charge in [0, 0.05) is 29.2 Å². The van der Waals surface area contributed by atoms with E-state index in [1.165, 1.54) is 22.6 Å². The summed E-state index contributed by atoms with van der Waals surface area (Å²) < 4.78 is 19.4. The molecule has 1 aliphatic rings. The maximum absolute atomic E-state index is 13.6. The maximum Gasteiger partial charge on any atom is 0.127 e. The van der Waals surface area contributed by atoms with E-state index in [9.17, 15) is 4.39 Å². The molecular formula is C17H18FNOS. The Hall–Kier alpha value is -1.52. The van der Waals surface area contributed by atoms with Crippen molar-refractivity contribution in [3.8, 4) is 5.75 Å². The molecule has 21 heavy (non-hydrogen) atoms. The van der Waals surface area contributed by atoms with Gasteiger partial charge in [0.25, 0.3) is 0 Å². The van der Waals surface area contributed by atoms with Gasteiger partial charge in [0.1, 0.15) is 11.6 Å². The first-order valence-corrected chi connectivity index (χ1v) is 8.03. The zero-order valence-electron chi connectivity index (χ0n) is 11.9. The summed E-state index contributed by atoms with van der Waals surface area (Å²) in [6, 6.07) is 13.3. The van der Waals surface area contributed by atoms with Gasteiger partial charge in [0.15, 0.2) is 0 Å². The zero-order valence-corrected chi connectivity index (χ0v) is 12.8. The van der Waals surface area contributed by atoms with Gasteiger partial charge in [0.2, 0.25) is 0 Å². The molecule has 3 rings (SSSR count). The molecule has 4 heteroatoms. The number of hydrogen-bond donors (Lipinski definition) is 1. The number of ether oxygens (including phenoxy) is 1. The molecule has 1 unspecified atom stereocenters. The highest BCUT2D eigenvalue weighted by atomic mass is 32.2. The number of nitrogens with one attached hydrogen (secondary N) is 1. The second kappa shape index (κ2) is 6.50. The normalized spacial score (nSPS) is 16.8. The lowest BCUT2D eigenvalue weighted by Crippen LogP contribution is -2.11. The van der Waals surface area contributed by atoms with Crippen LogP contribution in [0.1, 0.15) is 17.0 Å². The quantitative estimate of drug-likeness (QED) is 0.907. The fourth-order valence-corrected chi connectivity index (χ4v) is 3.81.